The molecule has 92 valence electrons. The Labute approximate surface area is 106 Å². The van der Waals surface area contributed by atoms with Crippen molar-refractivity contribution in [1.82, 2.24) is 14.5 Å². The molecule has 0 spiro atoms. The van der Waals surface area contributed by atoms with Crippen molar-refractivity contribution in [3.8, 4) is 0 Å². The van der Waals surface area contributed by atoms with Crippen LogP contribution in [-0.4, -0.2) is 34.1 Å². The Hall–Kier alpha value is -0.390. The molecule has 1 aromatic heterocycles. The van der Waals surface area contributed by atoms with Crippen LogP contribution in [0.3, 0.4) is 0 Å². The first-order chi connectivity index (χ1) is 7.56. The number of aryl methyl sites for hydroxylation is 1. The predicted octanol–water partition coefficient (Wildman–Crippen LogP) is 1.83. The Balaban J connectivity index is 3.12. The van der Waals surface area contributed by atoms with E-state index in [1.165, 1.54) is 5.69 Å². The zero-order valence-corrected chi connectivity index (χ0v) is 12.1. The molecule has 0 bridgehead atoms. The smallest absolute Gasteiger partial charge is 0.129 e. The Morgan fingerprint density at radius 1 is 1.44 bits per heavy atom. The van der Waals surface area contributed by atoms with E-state index < -0.39 is 0 Å². The summed E-state index contributed by atoms with van der Waals surface area (Å²) in [6.45, 7) is 8.92. The number of aromatic nitrogens is 2. The number of nitrogens with zero attached hydrogens (tertiary/aromatic N) is 3. The highest BCUT2D eigenvalue weighted by molar-refractivity contribution is 9.10. The lowest BCUT2D eigenvalue weighted by Gasteiger charge is -2.29. The lowest BCUT2D eigenvalue weighted by molar-refractivity contribution is 0.216. The maximum atomic E-state index is 5.90. The molecule has 0 saturated carbocycles. The maximum absolute atomic E-state index is 5.90. The molecule has 0 aromatic carbocycles. The van der Waals surface area contributed by atoms with Crippen molar-refractivity contribution < 1.29 is 0 Å². The summed E-state index contributed by atoms with van der Waals surface area (Å²) in [7, 11) is 2.04. The summed E-state index contributed by atoms with van der Waals surface area (Å²) in [5.74, 6) is 1.01. The fourth-order valence-corrected chi connectivity index (χ4v) is 2.83. The van der Waals surface area contributed by atoms with Crippen LogP contribution < -0.4 is 5.73 Å². The Morgan fingerprint density at radius 2 is 2.00 bits per heavy atom. The molecule has 1 unspecified atom stereocenters. The van der Waals surface area contributed by atoms with Crippen LogP contribution in [0.4, 0.5) is 0 Å². The monoisotopic (exact) mass is 288 g/mol. The number of hydrogen-bond acceptors (Lipinski definition) is 3. The van der Waals surface area contributed by atoms with Crippen molar-refractivity contribution >= 4 is 15.9 Å². The average molecular weight is 289 g/mol. The molecule has 0 radical (unpaired) electrons. The molecule has 0 aliphatic heterocycles. The molecule has 0 aliphatic rings. The molecule has 0 amide bonds. The van der Waals surface area contributed by atoms with Crippen LogP contribution in [0.25, 0.3) is 0 Å². The third kappa shape index (κ3) is 2.47. The van der Waals surface area contributed by atoms with E-state index in [1.807, 2.05) is 14.0 Å². The van der Waals surface area contributed by atoms with Gasteiger partial charge in [0, 0.05) is 13.6 Å². The summed E-state index contributed by atoms with van der Waals surface area (Å²) < 4.78 is 3.02. The van der Waals surface area contributed by atoms with Crippen molar-refractivity contribution in [3.05, 3.63) is 16.1 Å². The number of rotatable bonds is 5. The van der Waals surface area contributed by atoms with Gasteiger partial charge in [-0.1, -0.05) is 13.8 Å². The molecule has 5 heteroatoms. The van der Waals surface area contributed by atoms with E-state index in [-0.39, 0.29) is 6.04 Å². The van der Waals surface area contributed by atoms with Gasteiger partial charge in [-0.2, -0.15) is 0 Å². The van der Waals surface area contributed by atoms with Gasteiger partial charge in [-0.15, -0.1) is 0 Å². The number of hydrogen-bond donors (Lipinski definition) is 1. The number of likely N-dealkylation sites (N-methyl/N-ethyl adjacent to an activating group) is 1. The number of halogens is 1. The number of imidazole rings is 1. The van der Waals surface area contributed by atoms with Gasteiger partial charge >= 0.3 is 0 Å². The Kier molecular flexibility index (Phi) is 4.95. The largest absolute Gasteiger partial charge is 0.333 e. The van der Waals surface area contributed by atoms with E-state index in [0.717, 1.165) is 23.5 Å². The highest BCUT2D eigenvalue weighted by atomic mass is 79.9. The minimum absolute atomic E-state index is 0.232. The van der Waals surface area contributed by atoms with E-state index >= 15 is 0 Å². The molecule has 16 heavy (non-hydrogen) atoms. The fraction of sp³-hybridized carbons (Fsp3) is 0.727. The molecule has 1 rings (SSSR count). The molecule has 1 atom stereocenters. The third-order valence-electron chi connectivity index (χ3n) is 3.11. The van der Waals surface area contributed by atoms with Crippen LogP contribution in [0, 0.1) is 6.92 Å². The highest BCUT2D eigenvalue weighted by Crippen LogP contribution is 2.27. The summed E-state index contributed by atoms with van der Waals surface area (Å²) in [5, 5.41) is 0. The first-order valence-corrected chi connectivity index (χ1v) is 6.48. The average Bonchev–Trinajstić information content (AvgIpc) is 2.51. The maximum Gasteiger partial charge on any atom is 0.129 e. The van der Waals surface area contributed by atoms with Crippen LogP contribution >= 0.6 is 15.9 Å². The molecule has 1 heterocycles. The first kappa shape index (κ1) is 13.7. The highest BCUT2D eigenvalue weighted by Gasteiger charge is 2.23. The van der Waals surface area contributed by atoms with Gasteiger partial charge in [-0.25, -0.2) is 4.98 Å². The lowest BCUT2D eigenvalue weighted by atomic mass is 10.2. The molecule has 0 saturated heterocycles. The zero-order chi connectivity index (χ0) is 12.3. The second-order valence-corrected chi connectivity index (χ2v) is 4.62. The summed E-state index contributed by atoms with van der Waals surface area (Å²) in [5.41, 5.74) is 7.07. The third-order valence-corrected chi connectivity index (χ3v) is 3.69. The van der Waals surface area contributed by atoms with Crippen molar-refractivity contribution in [2.24, 2.45) is 12.8 Å². The van der Waals surface area contributed by atoms with E-state index in [2.05, 4.69) is 44.2 Å². The van der Waals surface area contributed by atoms with Gasteiger partial charge < -0.3 is 10.3 Å². The molecule has 2 N–H and O–H groups in total. The standard InChI is InChI=1S/C11H21BrN4/c1-5-16(6-2)9(7-13)10-11(12)14-8(3)15(10)4/h9H,5-7,13H2,1-4H3. The van der Waals surface area contributed by atoms with Crippen molar-refractivity contribution in [2.45, 2.75) is 26.8 Å². The summed E-state index contributed by atoms with van der Waals surface area (Å²) >= 11 is 3.52. The van der Waals surface area contributed by atoms with E-state index in [9.17, 15) is 0 Å². The topological polar surface area (TPSA) is 47.1 Å². The fourth-order valence-electron chi connectivity index (χ4n) is 2.05. The summed E-state index contributed by atoms with van der Waals surface area (Å²) in [6, 6.07) is 0.232. The van der Waals surface area contributed by atoms with Gasteiger partial charge in [0.05, 0.1) is 11.7 Å². The number of nitrogens with two attached hydrogens (primary N) is 1. The minimum atomic E-state index is 0.232. The molecule has 0 fully saturated rings. The van der Waals surface area contributed by atoms with Crippen LogP contribution in [0.1, 0.15) is 31.4 Å². The first-order valence-electron chi connectivity index (χ1n) is 5.69. The van der Waals surface area contributed by atoms with Gasteiger partial charge in [0.1, 0.15) is 10.4 Å². The summed E-state index contributed by atoms with van der Waals surface area (Å²) in [6.07, 6.45) is 0. The van der Waals surface area contributed by atoms with Gasteiger partial charge in [0.2, 0.25) is 0 Å². The van der Waals surface area contributed by atoms with Crippen LogP contribution in [0.2, 0.25) is 0 Å². The molecule has 1 aromatic rings. The Bertz CT molecular complexity index is 344. The van der Waals surface area contributed by atoms with Gasteiger partial charge in [-0.3, -0.25) is 4.90 Å². The van der Waals surface area contributed by atoms with Crippen LogP contribution in [-0.2, 0) is 7.05 Å². The molecule has 4 nitrogen and oxygen atoms in total. The SMILES string of the molecule is CCN(CC)C(CN)c1c(Br)nc(C)n1C. The van der Waals surface area contributed by atoms with Gasteiger partial charge in [0.25, 0.3) is 0 Å². The van der Waals surface area contributed by atoms with Crippen LogP contribution in [0.15, 0.2) is 4.60 Å². The predicted molar refractivity (Wildman–Crippen MR) is 70.4 cm³/mol. The summed E-state index contributed by atoms with van der Waals surface area (Å²) in [4.78, 5) is 6.78. The van der Waals surface area contributed by atoms with Crippen molar-refractivity contribution in [3.63, 3.8) is 0 Å². The van der Waals surface area contributed by atoms with Crippen molar-refractivity contribution in [2.75, 3.05) is 19.6 Å². The van der Waals surface area contributed by atoms with Gasteiger partial charge in [0.15, 0.2) is 0 Å². The van der Waals surface area contributed by atoms with E-state index in [4.69, 9.17) is 5.73 Å². The Morgan fingerprint density at radius 3 is 2.31 bits per heavy atom. The lowest BCUT2D eigenvalue weighted by Crippen LogP contribution is -2.35. The molecule has 0 aliphatic carbocycles. The van der Waals surface area contributed by atoms with E-state index in [1.54, 1.807) is 0 Å². The zero-order valence-electron chi connectivity index (χ0n) is 10.5. The van der Waals surface area contributed by atoms with Crippen LogP contribution in [0.5, 0.6) is 0 Å². The van der Waals surface area contributed by atoms with E-state index in [0.29, 0.717) is 6.54 Å². The van der Waals surface area contributed by atoms with Crippen molar-refractivity contribution in [1.29, 1.82) is 0 Å². The minimum Gasteiger partial charge on any atom is -0.333 e. The quantitative estimate of drug-likeness (QED) is 0.899. The van der Waals surface area contributed by atoms with Gasteiger partial charge in [-0.05, 0) is 35.9 Å². The second kappa shape index (κ2) is 5.80. The molecular weight excluding hydrogens is 268 g/mol. The molecular formula is C11H21BrN4. The normalized spacial score (nSPS) is 13.4. The second-order valence-electron chi connectivity index (χ2n) is 3.87.